The quantitative estimate of drug-likeness (QED) is 0.349. The Labute approximate surface area is 272 Å². The molecule has 11 heteroatoms. The van der Waals surface area contributed by atoms with E-state index in [1.807, 2.05) is 19.9 Å². The van der Waals surface area contributed by atoms with E-state index in [0.717, 1.165) is 12.8 Å². The Morgan fingerprint density at radius 3 is 2.39 bits per heavy atom. The van der Waals surface area contributed by atoms with Crippen molar-refractivity contribution in [2.45, 2.75) is 63.2 Å². The molecule has 3 aromatic rings. The van der Waals surface area contributed by atoms with Crippen LogP contribution in [0, 0.1) is 5.92 Å². The van der Waals surface area contributed by atoms with Gasteiger partial charge in [0.05, 0.1) is 35.3 Å². The van der Waals surface area contributed by atoms with Gasteiger partial charge in [0, 0.05) is 43.9 Å². The molecule has 2 N–H and O–H groups in total. The average molecular weight is 652 g/mol. The Kier molecular flexibility index (Phi) is 12.3. The summed E-state index contributed by atoms with van der Waals surface area (Å²) in [7, 11) is -2.24. The summed E-state index contributed by atoms with van der Waals surface area (Å²) in [4.78, 5) is 29.0. The van der Waals surface area contributed by atoms with E-state index in [9.17, 15) is 23.1 Å². The second-order valence-corrected chi connectivity index (χ2v) is 14.0. The highest BCUT2D eigenvalue weighted by Gasteiger charge is 2.32. The van der Waals surface area contributed by atoms with Crippen molar-refractivity contribution >= 4 is 27.5 Å². The number of nitrogens with one attached hydrogen (secondary N) is 1. The van der Waals surface area contributed by atoms with E-state index in [0.29, 0.717) is 30.0 Å². The van der Waals surface area contributed by atoms with E-state index in [1.165, 1.54) is 11.4 Å². The van der Waals surface area contributed by atoms with Crippen molar-refractivity contribution in [1.29, 1.82) is 0 Å². The highest BCUT2D eigenvalue weighted by atomic mass is 32.2. The van der Waals surface area contributed by atoms with Gasteiger partial charge >= 0.3 is 0 Å². The van der Waals surface area contributed by atoms with Gasteiger partial charge in [-0.05, 0) is 75.6 Å². The summed E-state index contributed by atoms with van der Waals surface area (Å²) in [6.07, 6.45) is 1.53. The topological polar surface area (TPSA) is 125 Å². The lowest BCUT2D eigenvalue weighted by atomic mass is 10.0. The minimum Gasteiger partial charge on any atom is -0.490 e. The van der Waals surface area contributed by atoms with E-state index in [-0.39, 0.29) is 54.0 Å². The third kappa shape index (κ3) is 8.94. The molecule has 10 nitrogen and oxygen atoms in total. The van der Waals surface area contributed by atoms with Crippen LogP contribution in [0.3, 0.4) is 0 Å². The molecule has 0 saturated heterocycles. The molecule has 4 atom stereocenters. The van der Waals surface area contributed by atoms with E-state index in [4.69, 9.17) is 9.47 Å². The van der Waals surface area contributed by atoms with Crippen LogP contribution in [-0.2, 0) is 14.8 Å². The number of amides is 2. The molecular formula is C35H45N3O7S. The number of rotatable bonds is 8. The first-order valence-electron chi connectivity index (χ1n) is 15.7. The Morgan fingerprint density at radius 2 is 1.72 bits per heavy atom. The van der Waals surface area contributed by atoms with Gasteiger partial charge in [-0.1, -0.05) is 43.3 Å². The predicted octanol–water partition coefficient (Wildman–Crippen LogP) is 5.06. The zero-order valence-corrected chi connectivity index (χ0v) is 27.8. The highest BCUT2D eigenvalue weighted by Crippen LogP contribution is 2.29. The van der Waals surface area contributed by atoms with Crippen molar-refractivity contribution in [3.8, 4) is 5.75 Å². The molecule has 0 spiro atoms. The number of aliphatic hydroxyl groups is 1. The number of fused-ring (bicyclic) bond motifs is 1. The van der Waals surface area contributed by atoms with Crippen molar-refractivity contribution in [2.24, 2.45) is 5.92 Å². The maximum Gasteiger partial charge on any atom is 0.258 e. The summed E-state index contributed by atoms with van der Waals surface area (Å²) in [5.41, 5.74) is 1.16. The van der Waals surface area contributed by atoms with Gasteiger partial charge in [0.25, 0.3) is 11.8 Å². The van der Waals surface area contributed by atoms with Crippen LogP contribution in [0.15, 0.2) is 83.8 Å². The molecule has 0 fully saturated rings. The van der Waals surface area contributed by atoms with Gasteiger partial charge in [-0.3, -0.25) is 9.59 Å². The molecule has 2 amide bonds. The zero-order valence-electron chi connectivity index (χ0n) is 27.0. The zero-order chi connectivity index (χ0) is 33.3. The molecule has 0 aliphatic carbocycles. The number of likely N-dealkylation sites (N-methyl/N-ethyl adjacent to an activating group) is 1. The molecule has 1 aliphatic heterocycles. The second-order valence-electron chi connectivity index (χ2n) is 11.9. The molecule has 0 saturated carbocycles. The van der Waals surface area contributed by atoms with E-state index in [2.05, 4.69) is 5.32 Å². The van der Waals surface area contributed by atoms with Gasteiger partial charge in [0.1, 0.15) is 5.75 Å². The Morgan fingerprint density at radius 1 is 1.04 bits per heavy atom. The van der Waals surface area contributed by atoms with Gasteiger partial charge in [0.2, 0.25) is 10.0 Å². The van der Waals surface area contributed by atoms with Crippen molar-refractivity contribution in [1.82, 2.24) is 9.21 Å². The largest absolute Gasteiger partial charge is 0.490 e. The van der Waals surface area contributed by atoms with Crippen LogP contribution in [0.1, 0.15) is 60.7 Å². The molecule has 3 aromatic carbocycles. The van der Waals surface area contributed by atoms with Crippen LogP contribution in [-0.4, -0.2) is 86.1 Å². The Hall–Kier alpha value is -3.77. The molecule has 1 aliphatic rings. The number of sulfonamides is 1. The normalized spacial score (nSPS) is 20.7. The van der Waals surface area contributed by atoms with Crippen molar-refractivity contribution in [2.75, 3.05) is 38.7 Å². The van der Waals surface area contributed by atoms with Crippen LogP contribution in [0.4, 0.5) is 5.69 Å². The number of anilines is 1. The van der Waals surface area contributed by atoms with Gasteiger partial charge in [-0.15, -0.1) is 0 Å². The fraction of sp³-hybridized carbons (Fsp3) is 0.429. The first-order valence-corrected chi connectivity index (χ1v) is 17.2. The third-order valence-electron chi connectivity index (χ3n) is 8.23. The van der Waals surface area contributed by atoms with Crippen molar-refractivity contribution in [3.05, 3.63) is 90.0 Å². The first kappa shape index (κ1) is 35.1. The molecule has 248 valence electrons. The monoisotopic (exact) mass is 651 g/mol. The molecule has 46 heavy (non-hydrogen) atoms. The molecule has 4 rings (SSSR count). The average Bonchev–Trinajstić information content (AvgIpc) is 3.06. The minimum absolute atomic E-state index is 0.0830. The lowest BCUT2D eigenvalue weighted by Gasteiger charge is -2.35. The molecule has 0 unspecified atom stereocenters. The van der Waals surface area contributed by atoms with Crippen molar-refractivity contribution < 1.29 is 32.6 Å². The predicted molar refractivity (Wildman–Crippen MR) is 178 cm³/mol. The van der Waals surface area contributed by atoms with Gasteiger partial charge in [-0.25, -0.2) is 8.42 Å². The Balaban J connectivity index is 1.65. The number of carbonyl (C=O) groups excluding carboxylic acids is 2. The van der Waals surface area contributed by atoms with Gasteiger partial charge in [0.15, 0.2) is 0 Å². The minimum atomic E-state index is -3.77. The highest BCUT2D eigenvalue weighted by molar-refractivity contribution is 7.89. The summed E-state index contributed by atoms with van der Waals surface area (Å²) >= 11 is 0. The summed E-state index contributed by atoms with van der Waals surface area (Å²) in [5.74, 6) is -0.616. The summed E-state index contributed by atoms with van der Waals surface area (Å²) in [6, 6.07) is 21.5. The summed E-state index contributed by atoms with van der Waals surface area (Å²) < 4.78 is 40.6. The fourth-order valence-electron chi connectivity index (χ4n) is 5.38. The molecule has 0 bridgehead atoms. The van der Waals surface area contributed by atoms with Crippen LogP contribution >= 0.6 is 0 Å². The third-order valence-corrected chi connectivity index (χ3v) is 10.1. The lowest BCUT2D eigenvalue weighted by molar-refractivity contribution is -0.00834. The van der Waals surface area contributed by atoms with Crippen LogP contribution in [0.2, 0.25) is 0 Å². The van der Waals surface area contributed by atoms with Crippen LogP contribution < -0.4 is 10.1 Å². The number of benzene rings is 3. The van der Waals surface area contributed by atoms with Crippen molar-refractivity contribution in [3.63, 3.8) is 0 Å². The maximum absolute atomic E-state index is 14.3. The molecular weight excluding hydrogens is 606 g/mol. The molecule has 0 radical (unpaired) electrons. The molecule has 0 aromatic heterocycles. The SMILES string of the molecule is C[C@H]1CCCCO[C@@H](CN(C)S(=O)(=O)c2ccccc2)[C@@H](C)CN([C@@H](C)CO)C(=O)c2cc(NC(=O)c3ccccc3)ccc2O1. The smallest absolute Gasteiger partial charge is 0.258 e. The van der Waals surface area contributed by atoms with Crippen LogP contribution in [0.25, 0.3) is 0 Å². The van der Waals surface area contributed by atoms with Gasteiger partial charge < -0.3 is 24.8 Å². The van der Waals surface area contributed by atoms with E-state index < -0.39 is 22.2 Å². The molecule has 1 heterocycles. The number of carbonyl (C=O) groups is 2. The summed E-state index contributed by atoms with van der Waals surface area (Å²) in [5, 5.41) is 13.1. The standard InChI is InChI=1S/C35H45N3O7S/c1-25-22-38(26(2)24-39)35(41)31-21-29(36-34(40)28-14-7-5-8-15-28)18-19-32(31)45-27(3)13-11-12-20-44-33(25)23-37(4)46(42,43)30-16-9-6-10-17-30/h5-10,14-19,21,25-27,33,39H,11-13,20,22-24H2,1-4H3,(H,36,40)/t25-,26-,27-,33-/m0/s1. The first-order chi connectivity index (χ1) is 22.0. The number of hydrogen-bond acceptors (Lipinski definition) is 7. The van der Waals surface area contributed by atoms with E-state index >= 15 is 0 Å². The maximum atomic E-state index is 14.3. The summed E-state index contributed by atoms with van der Waals surface area (Å²) in [6.45, 7) is 6.00. The Bertz CT molecular complexity index is 1550. The second kappa shape index (κ2) is 16.2. The van der Waals surface area contributed by atoms with Gasteiger partial charge in [-0.2, -0.15) is 4.31 Å². The van der Waals surface area contributed by atoms with Crippen LogP contribution in [0.5, 0.6) is 5.75 Å². The number of nitrogens with zero attached hydrogens (tertiary/aromatic N) is 2. The fourth-order valence-corrected chi connectivity index (χ4v) is 6.58. The number of ether oxygens (including phenoxy) is 2. The lowest BCUT2D eigenvalue weighted by Crippen LogP contribution is -2.48. The number of hydrogen-bond donors (Lipinski definition) is 2. The number of aliphatic hydroxyl groups excluding tert-OH is 1. The van der Waals surface area contributed by atoms with E-state index in [1.54, 1.807) is 84.6 Å².